The minimum absolute atomic E-state index is 0.122. The number of hydrogen-bond donors (Lipinski definition) is 3. The standard InChI is InChI=1S/C14H14BrN3O3/c15-11-5-8(7-16)1-4-12(11)18-14(21)17-10-3-2-9(6-10)13(19)20/h1,4-5,9-10H,2-3,6H2,(H,19,20)(H2,17,18,21)/t9-,10+/m1/s1. The van der Waals surface area contributed by atoms with Gasteiger partial charge in [-0.25, -0.2) is 4.79 Å². The zero-order valence-corrected chi connectivity index (χ0v) is 12.7. The van der Waals surface area contributed by atoms with E-state index in [1.165, 1.54) is 0 Å². The van der Waals surface area contributed by atoms with Crippen LogP contribution in [-0.2, 0) is 4.79 Å². The molecule has 0 spiro atoms. The Hall–Kier alpha value is -2.07. The summed E-state index contributed by atoms with van der Waals surface area (Å²) in [6, 6.07) is 6.37. The molecule has 1 saturated carbocycles. The molecule has 0 bridgehead atoms. The first-order valence-electron chi connectivity index (χ1n) is 6.49. The number of rotatable bonds is 3. The van der Waals surface area contributed by atoms with Gasteiger partial charge in [0.2, 0.25) is 0 Å². The van der Waals surface area contributed by atoms with Crippen LogP contribution in [0.5, 0.6) is 0 Å². The van der Waals surface area contributed by atoms with Gasteiger partial charge >= 0.3 is 12.0 Å². The fourth-order valence-corrected chi connectivity index (χ4v) is 2.84. The molecule has 2 amide bonds. The van der Waals surface area contributed by atoms with Crippen LogP contribution in [0.3, 0.4) is 0 Å². The lowest BCUT2D eigenvalue weighted by Gasteiger charge is -2.14. The lowest BCUT2D eigenvalue weighted by molar-refractivity contribution is -0.141. The van der Waals surface area contributed by atoms with E-state index in [0.717, 1.165) is 0 Å². The Morgan fingerprint density at radius 1 is 1.38 bits per heavy atom. The van der Waals surface area contributed by atoms with E-state index in [-0.39, 0.29) is 18.0 Å². The molecule has 2 atom stereocenters. The largest absolute Gasteiger partial charge is 0.481 e. The van der Waals surface area contributed by atoms with Crippen LogP contribution < -0.4 is 10.6 Å². The highest BCUT2D eigenvalue weighted by molar-refractivity contribution is 9.10. The molecule has 3 N–H and O–H groups in total. The highest BCUT2D eigenvalue weighted by atomic mass is 79.9. The smallest absolute Gasteiger partial charge is 0.319 e. The van der Waals surface area contributed by atoms with Crippen LogP contribution >= 0.6 is 15.9 Å². The van der Waals surface area contributed by atoms with Gasteiger partial charge in [-0.15, -0.1) is 0 Å². The maximum Gasteiger partial charge on any atom is 0.319 e. The van der Waals surface area contributed by atoms with Gasteiger partial charge in [-0.05, 0) is 53.4 Å². The molecule has 1 aromatic carbocycles. The zero-order chi connectivity index (χ0) is 15.4. The second kappa shape index (κ2) is 6.59. The third-order valence-electron chi connectivity index (χ3n) is 3.46. The summed E-state index contributed by atoms with van der Waals surface area (Å²) in [5.74, 6) is -1.19. The van der Waals surface area contributed by atoms with Crippen LogP contribution in [0.1, 0.15) is 24.8 Å². The van der Waals surface area contributed by atoms with Crippen LogP contribution in [0.15, 0.2) is 22.7 Å². The number of hydrogen-bond acceptors (Lipinski definition) is 3. The van der Waals surface area contributed by atoms with E-state index in [1.54, 1.807) is 18.2 Å². The van der Waals surface area contributed by atoms with Crippen LogP contribution in [0.2, 0.25) is 0 Å². The first-order valence-corrected chi connectivity index (χ1v) is 7.29. The summed E-state index contributed by atoms with van der Waals surface area (Å²) >= 11 is 3.29. The Balaban J connectivity index is 1.91. The lowest BCUT2D eigenvalue weighted by Crippen LogP contribution is -2.36. The van der Waals surface area contributed by atoms with Gasteiger partial charge in [0.1, 0.15) is 0 Å². The Morgan fingerprint density at radius 2 is 2.14 bits per heavy atom. The first-order chi connectivity index (χ1) is 9.99. The monoisotopic (exact) mass is 351 g/mol. The average molecular weight is 352 g/mol. The predicted octanol–water partition coefficient (Wildman–Crippen LogP) is 2.70. The number of carboxylic acid groups (broad SMARTS) is 1. The predicted molar refractivity (Wildman–Crippen MR) is 79.8 cm³/mol. The summed E-state index contributed by atoms with van der Waals surface area (Å²) in [5, 5.41) is 23.1. The number of aliphatic carboxylic acids is 1. The number of urea groups is 1. The van der Waals surface area contributed by atoms with Crippen molar-refractivity contribution in [3.8, 4) is 6.07 Å². The normalized spacial score (nSPS) is 20.6. The van der Waals surface area contributed by atoms with E-state index in [0.29, 0.717) is 35.0 Å². The highest BCUT2D eigenvalue weighted by Crippen LogP contribution is 2.26. The number of nitrogens with one attached hydrogen (secondary N) is 2. The number of carboxylic acids is 1. The number of benzene rings is 1. The average Bonchev–Trinajstić information content (AvgIpc) is 2.89. The van der Waals surface area contributed by atoms with E-state index in [1.807, 2.05) is 6.07 Å². The highest BCUT2D eigenvalue weighted by Gasteiger charge is 2.30. The number of nitriles is 1. The van der Waals surface area contributed by atoms with E-state index in [4.69, 9.17) is 10.4 Å². The maximum absolute atomic E-state index is 11.9. The number of carbonyl (C=O) groups excluding carboxylic acids is 1. The minimum Gasteiger partial charge on any atom is -0.481 e. The number of carbonyl (C=O) groups is 2. The van der Waals surface area contributed by atoms with Gasteiger partial charge in [-0.3, -0.25) is 4.79 Å². The molecular weight excluding hydrogens is 338 g/mol. The van der Waals surface area contributed by atoms with E-state index in [2.05, 4.69) is 26.6 Å². The third kappa shape index (κ3) is 3.95. The molecule has 2 rings (SSSR count). The molecule has 1 fully saturated rings. The molecule has 0 radical (unpaired) electrons. The van der Waals surface area contributed by atoms with Crippen molar-refractivity contribution in [2.24, 2.45) is 5.92 Å². The Morgan fingerprint density at radius 3 is 2.71 bits per heavy atom. The lowest BCUT2D eigenvalue weighted by atomic mass is 10.1. The van der Waals surface area contributed by atoms with Crippen LogP contribution in [0.4, 0.5) is 10.5 Å². The quantitative estimate of drug-likeness (QED) is 0.778. The summed E-state index contributed by atoms with van der Waals surface area (Å²) in [6.45, 7) is 0. The Kier molecular flexibility index (Phi) is 4.81. The Labute approximate surface area is 130 Å². The topological polar surface area (TPSA) is 102 Å². The molecule has 1 aliphatic carbocycles. The Bertz CT molecular complexity index is 612. The first kappa shape index (κ1) is 15.3. The van der Waals surface area contributed by atoms with Gasteiger partial charge in [0, 0.05) is 10.5 Å². The fraction of sp³-hybridized carbons (Fsp3) is 0.357. The van der Waals surface area contributed by atoms with Gasteiger partial charge in [0.05, 0.1) is 23.2 Å². The van der Waals surface area contributed by atoms with Gasteiger partial charge in [-0.1, -0.05) is 0 Å². The summed E-state index contributed by atoms with van der Waals surface area (Å²) in [5.41, 5.74) is 1.05. The van der Waals surface area contributed by atoms with Crippen molar-refractivity contribution in [2.75, 3.05) is 5.32 Å². The zero-order valence-electron chi connectivity index (χ0n) is 11.1. The molecular formula is C14H14BrN3O3. The molecule has 0 saturated heterocycles. The summed E-state index contributed by atoms with van der Waals surface area (Å²) < 4.78 is 0.617. The van der Waals surface area contributed by atoms with E-state index in [9.17, 15) is 9.59 Å². The molecule has 1 aliphatic rings. The van der Waals surface area contributed by atoms with E-state index >= 15 is 0 Å². The summed E-state index contributed by atoms with van der Waals surface area (Å²) in [7, 11) is 0. The van der Waals surface area contributed by atoms with Crippen molar-refractivity contribution in [3.63, 3.8) is 0 Å². The minimum atomic E-state index is -0.811. The third-order valence-corrected chi connectivity index (χ3v) is 4.12. The molecule has 0 aromatic heterocycles. The molecule has 21 heavy (non-hydrogen) atoms. The summed E-state index contributed by atoms with van der Waals surface area (Å²) in [4.78, 5) is 22.8. The van der Waals surface area contributed by atoms with Gasteiger partial charge in [0.15, 0.2) is 0 Å². The molecule has 0 aliphatic heterocycles. The van der Waals surface area contributed by atoms with Gasteiger partial charge in [0.25, 0.3) is 0 Å². The van der Waals surface area contributed by atoms with Crippen LogP contribution in [-0.4, -0.2) is 23.1 Å². The van der Waals surface area contributed by atoms with Crippen molar-refractivity contribution in [1.82, 2.24) is 5.32 Å². The second-order valence-corrected chi connectivity index (χ2v) is 5.80. The van der Waals surface area contributed by atoms with Crippen molar-refractivity contribution in [1.29, 1.82) is 5.26 Å². The van der Waals surface area contributed by atoms with Crippen LogP contribution in [0, 0.1) is 17.2 Å². The molecule has 110 valence electrons. The van der Waals surface area contributed by atoms with Crippen molar-refractivity contribution >= 4 is 33.6 Å². The molecule has 1 aromatic rings. The number of anilines is 1. The van der Waals surface area contributed by atoms with Crippen molar-refractivity contribution in [2.45, 2.75) is 25.3 Å². The fourth-order valence-electron chi connectivity index (χ4n) is 2.37. The molecule has 0 unspecified atom stereocenters. The van der Waals surface area contributed by atoms with Gasteiger partial charge in [-0.2, -0.15) is 5.26 Å². The maximum atomic E-state index is 11.9. The SMILES string of the molecule is N#Cc1ccc(NC(=O)N[C@H]2CC[C@@H](C(=O)O)C2)c(Br)c1. The number of amides is 2. The number of halogens is 1. The van der Waals surface area contributed by atoms with Gasteiger partial charge < -0.3 is 15.7 Å². The molecule has 6 nitrogen and oxygen atoms in total. The summed E-state index contributed by atoms with van der Waals surface area (Å²) in [6.07, 6.45) is 1.71. The molecule has 7 heteroatoms. The molecule has 0 heterocycles. The number of nitrogens with zero attached hydrogens (tertiary/aromatic N) is 1. The van der Waals surface area contributed by atoms with E-state index < -0.39 is 5.97 Å². The van der Waals surface area contributed by atoms with Crippen molar-refractivity contribution < 1.29 is 14.7 Å². The second-order valence-electron chi connectivity index (χ2n) is 4.95. The van der Waals surface area contributed by atoms with Crippen LogP contribution in [0.25, 0.3) is 0 Å². The van der Waals surface area contributed by atoms with Crippen molar-refractivity contribution in [3.05, 3.63) is 28.2 Å².